The predicted octanol–water partition coefficient (Wildman–Crippen LogP) is 0.110. The molecule has 0 saturated heterocycles. The number of carbonyl (C=O) groups is 2. The topological polar surface area (TPSA) is 58.2 Å². The number of likely N-dealkylation sites (N-methyl/N-ethyl adjacent to an activating group) is 1. The first-order chi connectivity index (χ1) is 6.24. The Morgan fingerprint density at radius 2 is 2.23 bits per heavy atom. The monoisotopic (exact) mass is 198 g/mol. The summed E-state index contributed by atoms with van der Waals surface area (Å²) in [4.78, 5) is 21.7. The van der Waals surface area contributed by atoms with E-state index in [1.54, 1.807) is 11.3 Å². The van der Waals surface area contributed by atoms with Crippen LogP contribution >= 0.6 is 11.3 Å². The van der Waals surface area contributed by atoms with E-state index in [9.17, 15) is 9.59 Å². The first kappa shape index (κ1) is 9.73. The van der Waals surface area contributed by atoms with Crippen molar-refractivity contribution in [2.75, 3.05) is 7.05 Å². The molecule has 2 amide bonds. The van der Waals surface area contributed by atoms with Gasteiger partial charge in [0.1, 0.15) is 0 Å². The van der Waals surface area contributed by atoms with E-state index in [2.05, 4.69) is 10.6 Å². The van der Waals surface area contributed by atoms with Crippen molar-refractivity contribution in [1.29, 1.82) is 0 Å². The molecule has 1 heterocycles. The zero-order valence-corrected chi connectivity index (χ0v) is 7.98. The highest BCUT2D eigenvalue weighted by Crippen LogP contribution is 2.04. The minimum absolute atomic E-state index is 0.399. The molecule has 0 fully saturated rings. The van der Waals surface area contributed by atoms with Gasteiger partial charge in [-0.05, 0) is 22.4 Å². The molecule has 0 aliphatic heterocycles. The summed E-state index contributed by atoms with van der Waals surface area (Å²) in [6.07, 6.45) is 0. The van der Waals surface area contributed by atoms with Crippen molar-refractivity contribution in [3.8, 4) is 0 Å². The fraction of sp³-hybridized carbons (Fsp3) is 0.250. The maximum absolute atomic E-state index is 10.9. The van der Waals surface area contributed by atoms with E-state index in [0.29, 0.717) is 6.54 Å². The highest BCUT2D eigenvalue weighted by atomic mass is 32.1. The molecule has 1 aromatic heterocycles. The van der Waals surface area contributed by atoms with E-state index >= 15 is 0 Å². The molecule has 1 rings (SSSR count). The summed E-state index contributed by atoms with van der Waals surface area (Å²) in [5, 5.41) is 8.58. The number of hydrogen-bond acceptors (Lipinski definition) is 3. The van der Waals surface area contributed by atoms with Crippen LogP contribution in [-0.4, -0.2) is 18.9 Å². The van der Waals surface area contributed by atoms with E-state index in [0.717, 1.165) is 5.56 Å². The third kappa shape index (κ3) is 2.87. The van der Waals surface area contributed by atoms with Crippen LogP contribution in [0.15, 0.2) is 16.8 Å². The molecular weight excluding hydrogens is 188 g/mol. The van der Waals surface area contributed by atoms with Gasteiger partial charge in [-0.2, -0.15) is 11.3 Å². The van der Waals surface area contributed by atoms with E-state index in [1.165, 1.54) is 7.05 Å². The molecule has 0 aromatic carbocycles. The zero-order valence-electron chi connectivity index (χ0n) is 7.16. The van der Waals surface area contributed by atoms with Gasteiger partial charge in [-0.15, -0.1) is 0 Å². The second-order valence-corrected chi connectivity index (χ2v) is 3.17. The summed E-state index contributed by atoms with van der Waals surface area (Å²) in [6, 6.07) is 1.90. The van der Waals surface area contributed by atoms with E-state index in [1.807, 2.05) is 16.8 Å². The van der Waals surface area contributed by atoms with Crippen molar-refractivity contribution in [3.63, 3.8) is 0 Å². The van der Waals surface area contributed by atoms with Crippen LogP contribution in [0.1, 0.15) is 5.56 Å². The van der Waals surface area contributed by atoms with Crippen LogP contribution in [-0.2, 0) is 16.1 Å². The summed E-state index contributed by atoms with van der Waals surface area (Å²) in [5.41, 5.74) is 1.00. The molecule has 0 atom stereocenters. The summed E-state index contributed by atoms with van der Waals surface area (Å²) < 4.78 is 0. The second kappa shape index (κ2) is 4.61. The Kier molecular flexibility index (Phi) is 3.45. The normalized spacial score (nSPS) is 9.31. The molecule has 5 heteroatoms. The van der Waals surface area contributed by atoms with Crippen LogP contribution in [0, 0.1) is 0 Å². The number of nitrogens with one attached hydrogen (secondary N) is 2. The van der Waals surface area contributed by atoms with E-state index in [-0.39, 0.29) is 0 Å². The van der Waals surface area contributed by atoms with Gasteiger partial charge in [0.15, 0.2) is 0 Å². The third-order valence-electron chi connectivity index (χ3n) is 1.47. The molecule has 4 nitrogen and oxygen atoms in total. The fourth-order valence-electron chi connectivity index (χ4n) is 0.769. The lowest BCUT2D eigenvalue weighted by Gasteiger charge is -2.01. The van der Waals surface area contributed by atoms with E-state index in [4.69, 9.17) is 0 Å². The molecule has 0 aliphatic rings. The lowest BCUT2D eigenvalue weighted by Crippen LogP contribution is -2.37. The minimum atomic E-state index is -0.616. The average Bonchev–Trinajstić information content (AvgIpc) is 2.65. The molecule has 70 valence electrons. The Labute approximate surface area is 80.0 Å². The van der Waals surface area contributed by atoms with Gasteiger partial charge < -0.3 is 10.6 Å². The quantitative estimate of drug-likeness (QED) is 0.663. The molecule has 13 heavy (non-hydrogen) atoms. The van der Waals surface area contributed by atoms with Crippen LogP contribution < -0.4 is 10.6 Å². The molecule has 0 unspecified atom stereocenters. The summed E-state index contributed by atoms with van der Waals surface area (Å²) in [7, 11) is 1.42. The van der Waals surface area contributed by atoms with Crippen LogP contribution in [0.5, 0.6) is 0 Å². The highest BCUT2D eigenvalue weighted by Gasteiger charge is 2.09. The average molecular weight is 198 g/mol. The van der Waals surface area contributed by atoms with Crippen LogP contribution in [0.2, 0.25) is 0 Å². The highest BCUT2D eigenvalue weighted by molar-refractivity contribution is 7.07. The number of amides is 2. The van der Waals surface area contributed by atoms with Crippen LogP contribution in [0.25, 0.3) is 0 Å². The van der Waals surface area contributed by atoms with Crippen molar-refractivity contribution in [2.45, 2.75) is 6.54 Å². The van der Waals surface area contributed by atoms with Crippen molar-refractivity contribution in [2.24, 2.45) is 0 Å². The van der Waals surface area contributed by atoms with Gasteiger partial charge in [-0.1, -0.05) is 0 Å². The lowest BCUT2D eigenvalue weighted by atomic mass is 10.3. The first-order valence-corrected chi connectivity index (χ1v) is 4.69. The summed E-state index contributed by atoms with van der Waals surface area (Å²) >= 11 is 1.55. The van der Waals surface area contributed by atoms with E-state index < -0.39 is 11.8 Å². The Bertz CT molecular complexity index is 295. The molecule has 1 aromatic rings. The van der Waals surface area contributed by atoms with Crippen LogP contribution in [0.4, 0.5) is 0 Å². The van der Waals surface area contributed by atoms with Gasteiger partial charge in [-0.25, -0.2) is 0 Å². The number of thiophene rings is 1. The molecule has 0 aliphatic carbocycles. The smallest absolute Gasteiger partial charge is 0.309 e. The number of carbonyl (C=O) groups excluding carboxylic acids is 2. The van der Waals surface area contributed by atoms with Gasteiger partial charge in [0.2, 0.25) is 0 Å². The standard InChI is InChI=1S/C8H10N2O2S/c1-9-7(11)8(12)10-4-6-2-3-13-5-6/h2-3,5H,4H2,1H3,(H,9,11)(H,10,12). The molecule has 0 spiro atoms. The molecule has 0 saturated carbocycles. The lowest BCUT2D eigenvalue weighted by molar-refractivity contribution is -0.138. The maximum Gasteiger partial charge on any atom is 0.309 e. The number of rotatable bonds is 2. The summed E-state index contributed by atoms with van der Waals surface area (Å²) in [5.74, 6) is -1.22. The van der Waals surface area contributed by atoms with Crippen molar-refractivity contribution >= 4 is 23.2 Å². The Balaban J connectivity index is 2.35. The Morgan fingerprint density at radius 3 is 2.77 bits per heavy atom. The third-order valence-corrected chi connectivity index (χ3v) is 2.20. The Morgan fingerprint density at radius 1 is 1.46 bits per heavy atom. The zero-order chi connectivity index (χ0) is 9.68. The second-order valence-electron chi connectivity index (χ2n) is 2.39. The summed E-state index contributed by atoms with van der Waals surface area (Å²) in [6.45, 7) is 0.399. The van der Waals surface area contributed by atoms with Crippen molar-refractivity contribution in [1.82, 2.24) is 10.6 Å². The SMILES string of the molecule is CNC(=O)C(=O)NCc1ccsc1. The van der Waals surface area contributed by atoms with Gasteiger partial charge in [0.25, 0.3) is 0 Å². The number of hydrogen-bond donors (Lipinski definition) is 2. The minimum Gasteiger partial charge on any atom is -0.351 e. The van der Waals surface area contributed by atoms with Crippen LogP contribution in [0.3, 0.4) is 0 Å². The first-order valence-electron chi connectivity index (χ1n) is 3.75. The van der Waals surface area contributed by atoms with Gasteiger partial charge in [0, 0.05) is 13.6 Å². The van der Waals surface area contributed by atoms with Gasteiger partial charge >= 0.3 is 11.8 Å². The Hall–Kier alpha value is -1.36. The van der Waals surface area contributed by atoms with Gasteiger partial charge in [0.05, 0.1) is 0 Å². The van der Waals surface area contributed by atoms with Crippen molar-refractivity contribution in [3.05, 3.63) is 22.4 Å². The molecule has 0 radical (unpaired) electrons. The fourth-order valence-corrected chi connectivity index (χ4v) is 1.44. The maximum atomic E-state index is 10.9. The van der Waals surface area contributed by atoms with Gasteiger partial charge in [-0.3, -0.25) is 9.59 Å². The van der Waals surface area contributed by atoms with Crippen molar-refractivity contribution < 1.29 is 9.59 Å². The predicted molar refractivity (Wildman–Crippen MR) is 50.2 cm³/mol. The molecular formula is C8H10N2O2S. The molecule has 2 N–H and O–H groups in total. The molecule has 0 bridgehead atoms. The largest absolute Gasteiger partial charge is 0.351 e.